The summed E-state index contributed by atoms with van der Waals surface area (Å²) in [7, 11) is 2.09. The van der Waals surface area contributed by atoms with Crippen LogP contribution in [0.3, 0.4) is 0 Å². The van der Waals surface area contributed by atoms with Crippen LogP contribution in [0.25, 0.3) is 20.2 Å². The standard InChI is InChI=1S/C21H26N2OS/c1-5-23(6-2)14-13-22(4)17-12-11-15(3)21-19(17)20(24)16-9-7-8-10-18(16)25-21/h7-12H,5-6,13-14H2,1-4H3. The molecule has 0 aliphatic carbocycles. The van der Waals surface area contributed by atoms with Crippen molar-refractivity contribution in [2.75, 3.05) is 38.1 Å². The highest BCUT2D eigenvalue weighted by atomic mass is 32.1. The molecule has 0 aliphatic rings. The predicted molar refractivity (Wildman–Crippen MR) is 111 cm³/mol. The smallest absolute Gasteiger partial charge is 0.197 e. The summed E-state index contributed by atoms with van der Waals surface area (Å²) in [4.78, 5) is 17.8. The van der Waals surface area contributed by atoms with Gasteiger partial charge in [0.15, 0.2) is 5.43 Å². The van der Waals surface area contributed by atoms with Crippen molar-refractivity contribution < 1.29 is 0 Å². The van der Waals surface area contributed by atoms with Crippen molar-refractivity contribution in [3.63, 3.8) is 0 Å². The summed E-state index contributed by atoms with van der Waals surface area (Å²) in [6.07, 6.45) is 0. The summed E-state index contributed by atoms with van der Waals surface area (Å²) < 4.78 is 2.17. The predicted octanol–water partition coefficient (Wildman–Crippen LogP) is 4.50. The fourth-order valence-corrected chi connectivity index (χ4v) is 4.45. The third-order valence-electron chi connectivity index (χ3n) is 4.96. The second kappa shape index (κ2) is 7.54. The molecule has 1 aromatic heterocycles. The zero-order valence-corrected chi connectivity index (χ0v) is 16.3. The first-order valence-electron chi connectivity index (χ1n) is 8.95. The largest absolute Gasteiger partial charge is 0.373 e. The van der Waals surface area contributed by atoms with Crippen molar-refractivity contribution in [1.29, 1.82) is 0 Å². The lowest BCUT2D eigenvalue weighted by Crippen LogP contribution is -2.33. The average molecular weight is 355 g/mol. The molecule has 3 rings (SSSR count). The van der Waals surface area contributed by atoms with Gasteiger partial charge in [0.05, 0.1) is 5.39 Å². The van der Waals surface area contributed by atoms with Crippen LogP contribution in [0.5, 0.6) is 0 Å². The molecule has 0 N–H and O–H groups in total. The fraction of sp³-hybridized carbons (Fsp3) is 0.381. The summed E-state index contributed by atoms with van der Waals surface area (Å²) in [5.41, 5.74) is 2.36. The first-order valence-corrected chi connectivity index (χ1v) is 9.77. The molecule has 3 aromatic rings. The first kappa shape index (κ1) is 17.9. The van der Waals surface area contributed by atoms with E-state index < -0.39 is 0 Å². The topological polar surface area (TPSA) is 23.6 Å². The van der Waals surface area contributed by atoms with Gasteiger partial charge in [0.2, 0.25) is 0 Å². The number of aryl methyl sites for hydroxylation is 1. The SMILES string of the molecule is CCN(CC)CCN(C)c1ccc(C)c2sc3ccccc3c(=O)c12. The van der Waals surface area contributed by atoms with Crippen LogP contribution in [0.2, 0.25) is 0 Å². The van der Waals surface area contributed by atoms with Gasteiger partial charge in [-0.1, -0.05) is 32.0 Å². The lowest BCUT2D eigenvalue weighted by atomic mass is 10.1. The van der Waals surface area contributed by atoms with E-state index in [2.05, 4.69) is 49.8 Å². The Morgan fingerprint density at radius 2 is 1.72 bits per heavy atom. The van der Waals surface area contributed by atoms with Gasteiger partial charge in [0, 0.05) is 40.6 Å². The molecule has 0 unspecified atom stereocenters. The Balaban J connectivity index is 2.11. The number of fused-ring (bicyclic) bond motifs is 2. The maximum absolute atomic E-state index is 13.2. The van der Waals surface area contributed by atoms with Crippen molar-refractivity contribution in [2.45, 2.75) is 20.8 Å². The minimum absolute atomic E-state index is 0.151. The van der Waals surface area contributed by atoms with Gasteiger partial charge in [0.1, 0.15) is 0 Å². The molecule has 0 amide bonds. The molecule has 4 heteroatoms. The van der Waals surface area contributed by atoms with Gasteiger partial charge in [-0.15, -0.1) is 11.3 Å². The number of anilines is 1. The van der Waals surface area contributed by atoms with Crippen molar-refractivity contribution in [1.82, 2.24) is 4.90 Å². The molecule has 3 nitrogen and oxygen atoms in total. The van der Waals surface area contributed by atoms with E-state index in [9.17, 15) is 4.79 Å². The molecule has 0 atom stereocenters. The molecule has 1 heterocycles. The molecule has 0 spiro atoms. The van der Waals surface area contributed by atoms with E-state index in [-0.39, 0.29) is 5.43 Å². The minimum atomic E-state index is 0.151. The van der Waals surface area contributed by atoms with Crippen molar-refractivity contribution in [3.8, 4) is 0 Å². The zero-order chi connectivity index (χ0) is 18.0. The highest BCUT2D eigenvalue weighted by Crippen LogP contribution is 2.32. The third kappa shape index (κ3) is 3.42. The Labute approximate surface area is 153 Å². The van der Waals surface area contributed by atoms with Crippen LogP contribution >= 0.6 is 11.3 Å². The summed E-state index contributed by atoms with van der Waals surface area (Å²) in [5.74, 6) is 0. The Kier molecular flexibility index (Phi) is 5.40. The molecule has 132 valence electrons. The van der Waals surface area contributed by atoms with E-state index in [0.717, 1.165) is 52.0 Å². The third-order valence-corrected chi connectivity index (χ3v) is 6.27. The summed E-state index contributed by atoms with van der Waals surface area (Å²) in [6, 6.07) is 12.2. The zero-order valence-electron chi connectivity index (χ0n) is 15.5. The van der Waals surface area contributed by atoms with E-state index in [1.165, 1.54) is 5.56 Å². The number of hydrogen-bond donors (Lipinski definition) is 0. The van der Waals surface area contributed by atoms with Gasteiger partial charge in [0.25, 0.3) is 0 Å². The van der Waals surface area contributed by atoms with E-state index in [4.69, 9.17) is 0 Å². The molecule has 0 saturated carbocycles. The molecule has 2 aromatic carbocycles. The summed E-state index contributed by atoms with van der Waals surface area (Å²) >= 11 is 1.72. The lowest BCUT2D eigenvalue weighted by Gasteiger charge is -2.25. The van der Waals surface area contributed by atoms with E-state index in [0.29, 0.717) is 0 Å². The number of nitrogens with zero attached hydrogens (tertiary/aromatic N) is 2. The molecule has 25 heavy (non-hydrogen) atoms. The minimum Gasteiger partial charge on any atom is -0.373 e. The van der Waals surface area contributed by atoms with Crippen LogP contribution in [0.4, 0.5) is 5.69 Å². The van der Waals surface area contributed by atoms with Crippen molar-refractivity contribution >= 4 is 37.2 Å². The Hall–Kier alpha value is -1.91. The summed E-state index contributed by atoms with van der Waals surface area (Å²) in [5, 5.41) is 1.69. The number of rotatable bonds is 6. The fourth-order valence-electron chi connectivity index (χ4n) is 3.29. The molecule has 0 aliphatic heterocycles. The monoisotopic (exact) mass is 354 g/mol. The maximum atomic E-state index is 13.2. The molecule has 0 fully saturated rings. The van der Waals surface area contributed by atoms with Crippen LogP contribution < -0.4 is 10.3 Å². The van der Waals surface area contributed by atoms with Gasteiger partial charge in [-0.25, -0.2) is 0 Å². The van der Waals surface area contributed by atoms with E-state index in [1.54, 1.807) is 11.3 Å². The average Bonchev–Trinajstić information content (AvgIpc) is 2.63. The molecule has 0 radical (unpaired) electrons. The summed E-state index contributed by atoms with van der Waals surface area (Å²) in [6.45, 7) is 10.5. The van der Waals surface area contributed by atoms with Crippen LogP contribution in [0, 0.1) is 6.92 Å². The molecular formula is C21H26N2OS. The Bertz CT molecular complexity index is 944. The van der Waals surface area contributed by atoms with E-state index >= 15 is 0 Å². The Morgan fingerprint density at radius 3 is 2.44 bits per heavy atom. The normalized spacial score (nSPS) is 11.6. The number of hydrogen-bond acceptors (Lipinski definition) is 4. The van der Waals surface area contributed by atoms with Crippen molar-refractivity contribution in [3.05, 3.63) is 52.2 Å². The lowest BCUT2D eigenvalue weighted by molar-refractivity contribution is 0.311. The second-order valence-corrected chi connectivity index (χ2v) is 7.53. The highest BCUT2D eigenvalue weighted by molar-refractivity contribution is 7.24. The van der Waals surface area contributed by atoms with Gasteiger partial charge >= 0.3 is 0 Å². The van der Waals surface area contributed by atoms with Gasteiger partial charge < -0.3 is 9.80 Å². The van der Waals surface area contributed by atoms with Gasteiger partial charge in [-0.05, 0) is 43.8 Å². The van der Waals surface area contributed by atoms with Crippen molar-refractivity contribution in [2.24, 2.45) is 0 Å². The quantitative estimate of drug-likeness (QED) is 0.609. The molecule has 0 saturated heterocycles. The number of likely N-dealkylation sites (N-methyl/N-ethyl adjacent to an activating group) is 2. The maximum Gasteiger partial charge on any atom is 0.197 e. The van der Waals surface area contributed by atoms with Crippen LogP contribution in [0.1, 0.15) is 19.4 Å². The first-order chi connectivity index (χ1) is 12.1. The van der Waals surface area contributed by atoms with Crippen LogP contribution in [-0.4, -0.2) is 38.1 Å². The van der Waals surface area contributed by atoms with Crippen LogP contribution in [-0.2, 0) is 0 Å². The van der Waals surface area contributed by atoms with Crippen LogP contribution in [0.15, 0.2) is 41.2 Å². The highest BCUT2D eigenvalue weighted by Gasteiger charge is 2.15. The second-order valence-electron chi connectivity index (χ2n) is 6.48. The molecular weight excluding hydrogens is 328 g/mol. The van der Waals surface area contributed by atoms with Gasteiger partial charge in [-0.3, -0.25) is 4.79 Å². The molecule has 0 bridgehead atoms. The van der Waals surface area contributed by atoms with E-state index in [1.807, 2.05) is 24.3 Å². The van der Waals surface area contributed by atoms with Gasteiger partial charge in [-0.2, -0.15) is 0 Å². The Morgan fingerprint density at radius 1 is 1.00 bits per heavy atom. The number of benzene rings is 2.